The molecule has 33 heavy (non-hydrogen) atoms. The third kappa shape index (κ3) is 6.07. The van der Waals surface area contributed by atoms with E-state index in [4.69, 9.17) is 4.74 Å². The Morgan fingerprint density at radius 1 is 1.27 bits per heavy atom. The van der Waals surface area contributed by atoms with Gasteiger partial charge < -0.3 is 20.1 Å². The Morgan fingerprint density at radius 2 is 2.06 bits per heavy atom. The highest BCUT2D eigenvalue weighted by atomic mass is 35.5. The molecule has 1 aliphatic rings. The molecule has 1 atom stereocenters. The van der Waals surface area contributed by atoms with Gasteiger partial charge in [0.2, 0.25) is 0 Å². The number of aryl methyl sites for hydroxylation is 1. The maximum Gasteiger partial charge on any atom is 0.387 e. The minimum atomic E-state index is -2.91. The summed E-state index contributed by atoms with van der Waals surface area (Å²) in [5.41, 5.74) is 3.17. The van der Waals surface area contributed by atoms with Crippen LogP contribution in [0.25, 0.3) is 11.3 Å². The van der Waals surface area contributed by atoms with Gasteiger partial charge >= 0.3 is 6.61 Å². The smallest absolute Gasteiger partial charge is 0.387 e. The molecule has 1 saturated heterocycles. The monoisotopic (exact) mass is 478 g/mol. The fourth-order valence-electron chi connectivity index (χ4n) is 3.59. The predicted molar refractivity (Wildman–Crippen MR) is 123 cm³/mol. The van der Waals surface area contributed by atoms with Gasteiger partial charge in [0.25, 0.3) is 5.91 Å². The van der Waals surface area contributed by atoms with E-state index in [2.05, 4.69) is 20.5 Å². The average Bonchev–Trinajstić information content (AvgIpc) is 3.25. The highest BCUT2D eigenvalue weighted by Gasteiger charge is 2.18. The number of hydrogen-bond donors (Lipinski definition) is 2. The first-order valence-electron chi connectivity index (χ1n) is 10.4. The summed E-state index contributed by atoms with van der Waals surface area (Å²) in [5.74, 6) is -0.314. The van der Waals surface area contributed by atoms with Crippen molar-refractivity contribution in [1.29, 1.82) is 0 Å². The summed E-state index contributed by atoms with van der Waals surface area (Å²) < 4.78 is 37.0. The molecule has 0 spiro atoms. The number of benzene rings is 2. The zero-order valence-corrected chi connectivity index (χ0v) is 18.8. The Hall–Kier alpha value is -3.01. The van der Waals surface area contributed by atoms with Gasteiger partial charge in [-0.1, -0.05) is 24.3 Å². The molecular weight excluding hydrogens is 454 g/mol. The zero-order chi connectivity index (χ0) is 22.5. The molecule has 3 aromatic rings. The van der Waals surface area contributed by atoms with Crippen LogP contribution in [-0.2, 0) is 11.3 Å². The molecule has 0 bridgehead atoms. The van der Waals surface area contributed by atoms with Crippen molar-refractivity contribution in [2.75, 3.05) is 25.0 Å². The highest BCUT2D eigenvalue weighted by Crippen LogP contribution is 2.26. The minimum Gasteiger partial charge on any atom is -0.435 e. The lowest BCUT2D eigenvalue weighted by atomic mass is 10.1. The maximum atomic E-state index is 12.8. The summed E-state index contributed by atoms with van der Waals surface area (Å²) in [4.78, 5) is 12.8. The number of aromatic nitrogens is 2. The van der Waals surface area contributed by atoms with E-state index in [1.165, 1.54) is 12.1 Å². The Labute approximate surface area is 196 Å². The lowest BCUT2D eigenvalue weighted by Gasteiger charge is -2.24. The Balaban J connectivity index is 0.00000306. The molecule has 1 amide bonds. The number of halogens is 3. The summed E-state index contributed by atoms with van der Waals surface area (Å²) in [6, 6.07) is 15.5. The number of carbonyl (C=O) groups is 1. The van der Waals surface area contributed by atoms with Crippen molar-refractivity contribution >= 4 is 24.0 Å². The quantitative estimate of drug-likeness (QED) is 0.522. The normalized spacial score (nSPS) is 15.7. The van der Waals surface area contributed by atoms with Crippen molar-refractivity contribution in [3.63, 3.8) is 0 Å². The van der Waals surface area contributed by atoms with Crippen LogP contribution in [0.3, 0.4) is 0 Å². The number of anilines is 1. The van der Waals surface area contributed by atoms with E-state index in [0.29, 0.717) is 30.1 Å². The molecule has 7 nitrogen and oxygen atoms in total. The zero-order valence-electron chi connectivity index (χ0n) is 18.0. The standard InChI is InChI=1S/C23H24F2N4O3.ClH/c1-2-29-20(16-4-3-5-18(12-16)32-23(24)25)13-19(28-29)22(30)27-17-8-6-15(7-9-17)21-14-26-10-11-31-21;/h3-9,12-13,21,23,26H,2,10-11,14H2,1H3,(H,27,30);1H/t21-;/m1./s1. The summed E-state index contributed by atoms with van der Waals surface area (Å²) >= 11 is 0. The van der Waals surface area contributed by atoms with E-state index in [1.807, 2.05) is 31.2 Å². The van der Waals surface area contributed by atoms with Crippen LogP contribution in [-0.4, -0.2) is 42.0 Å². The minimum absolute atomic E-state index is 0. The van der Waals surface area contributed by atoms with E-state index in [1.54, 1.807) is 22.9 Å². The van der Waals surface area contributed by atoms with Crippen LogP contribution >= 0.6 is 12.4 Å². The van der Waals surface area contributed by atoms with Crippen molar-refractivity contribution in [3.8, 4) is 17.0 Å². The number of nitrogens with one attached hydrogen (secondary N) is 2. The average molecular weight is 479 g/mol. The van der Waals surface area contributed by atoms with Gasteiger partial charge in [-0.25, -0.2) is 0 Å². The number of carbonyl (C=O) groups excluding carboxylic acids is 1. The molecule has 0 unspecified atom stereocenters. The van der Waals surface area contributed by atoms with Crippen molar-refractivity contribution in [2.24, 2.45) is 0 Å². The fourth-order valence-corrected chi connectivity index (χ4v) is 3.59. The van der Waals surface area contributed by atoms with Crippen molar-refractivity contribution in [2.45, 2.75) is 26.2 Å². The molecule has 4 rings (SSSR count). The second-order valence-electron chi connectivity index (χ2n) is 7.28. The second-order valence-corrected chi connectivity index (χ2v) is 7.28. The van der Waals surface area contributed by atoms with Crippen LogP contribution in [0, 0.1) is 0 Å². The molecule has 2 aromatic carbocycles. The Bertz CT molecular complexity index is 1070. The van der Waals surface area contributed by atoms with E-state index in [9.17, 15) is 13.6 Å². The maximum absolute atomic E-state index is 12.8. The molecule has 0 radical (unpaired) electrons. The number of alkyl halides is 2. The third-order valence-corrected chi connectivity index (χ3v) is 5.14. The molecule has 10 heteroatoms. The van der Waals surface area contributed by atoms with Crippen LogP contribution in [0.15, 0.2) is 54.6 Å². The van der Waals surface area contributed by atoms with Gasteiger partial charge in [0.1, 0.15) is 5.75 Å². The molecule has 176 valence electrons. The van der Waals surface area contributed by atoms with Crippen molar-refractivity contribution in [1.82, 2.24) is 15.1 Å². The van der Waals surface area contributed by atoms with E-state index < -0.39 is 6.61 Å². The van der Waals surface area contributed by atoms with Crippen LogP contribution in [0.5, 0.6) is 5.75 Å². The van der Waals surface area contributed by atoms with Gasteiger partial charge in [-0.3, -0.25) is 9.48 Å². The van der Waals surface area contributed by atoms with Gasteiger partial charge in [-0.2, -0.15) is 13.9 Å². The largest absolute Gasteiger partial charge is 0.435 e. The Morgan fingerprint density at radius 3 is 2.73 bits per heavy atom. The Kier molecular flexibility index (Phi) is 8.37. The van der Waals surface area contributed by atoms with Crippen LogP contribution in [0.1, 0.15) is 29.1 Å². The first kappa shape index (κ1) is 24.6. The molecule has 1 fully saturated rings. The SMILES string of the molecule is CCn1nc(C(=O)Nc2ccc([C@H]3CNCCO3)cc2)cc1-c1cccc(OC(F)F)c1.Cl. The molecule has 2 heterocycles. The number of amides is 1. The van der Waals surface area contributed by atoms with Gasteiger partial charge in [0.05, 0.1) is 18.4 Å². The highest BCUT2D eigenvalue weighted by molar-refractivity contribution is 6.03. The molecule has 0 saturated carbocycles. The molecule has 0 aliphatic carbocycles. The van der Waals surface area contributed by atoms with Crippen molar-refractivity contribution in [3.05, 3.63) is 65.9 Å². The topological polar surface area (TPSA) is 77.4 Å². The van der Waals surface area contributed by atoms with Crippen LogP contribution in [0.4, 0.5) is 14.5 Å². The van der Waals surface area contributed by atoms with Crippen LogP contribution < -0.4 is 15.4 Å². The number of ether oxygens (including phenoxy) is 2. The summed E-state index contributed by atoms with van der Waals surface area (Å²) in [6.07, 6.45) is 0.00104. The number of hydrogen-bond acceptors (Lipinski definition) is 5. The van der Waals surface area contributed by atoms with Gasteiger partial charge in [-0.15, -0.1) is 12.4 Å². The number of rotatable bonds is 7. The van der Waals surface area contributed by atoms with Gasteiger partial charge in [-0.05, 0) is 42.8 Å². The van der Waals surface area contributed by atoms with Crippen molar-refractivity contribution < 1.29 is 23.0 Å². The summed E-state index contributed by atoms with van der Waals surface area (Å²) in [5, 5.41) is 10.5. The van der Waals surface area contributed by atoms with E-state index >= 15 is 0 Å². The molecule has 2 N–H and O–H groups in total. The van der Waals surface area contributed by atoms with Gasteiger partial charge in [0, 0.05) is 30.9 Å². The molecule has 1 aliphatic heterocycles. The van der Waals surface area contributed by atoms with E-state index in [0.717, 1.165) is 18.7 Å². The first-order valence-corrected chi connectivity index (χ1v) is 10.4. The fraction of sp³-hybridized carbons (Fsp3) is 0.304. The van der Waals surface area contributed by atoms with Gasteiger partial charge in [0.15, 0.2) is 5.69 Å². The number of morpholine rings is 1. The lowest BCUT2D eigenvalue weighted by molar-refractivity contribution is -0.0498. The third-order valence-electron chi connectivity index (χ3n) is 5.14. The molecular formula is C23H25ClF2N4O3. The number of nitrogens with zero attached hydrogens (tertiary/aromatic N) is 2. The lowest BCUT2D eigenvalue weighted by Crippen LogP contribution is -2.33. The van der Waals surface area contributed by atoms with Crippen LogP contribution in [0.2, 0.25) is 0 Å². The first-order chi connectivity index (χ1) is 15.5. The summed E-state index contributed by atoms with van der Waals surface area (Å²) in [7, 11) is 0. The van der Waals surface area contributed by atoms with E-state index in [-0.39, 0.29) is 35.9 Å². The predicted octanol–water partition coefficient (Wildman–Crippen LogP) is 4.51. The summed E-state index contributed by atoms with van der Waals surface area (Å²) in [6.45, 7) is 1.76. The molecule has 1 aromatic heterocycles. The second kappa shape index (κ2) is 11.2.